The molecule has 0 aliphatic carbocycles. The summed E-state index contributed by atoms with van der Waals surface area (Å²) in [7, 11) is 0. The second-order valence-electron chi connectivity index (χ2n) is 3.62. The minimum absolute atomic E-state index is 0.257. The van der Waals surface area contributed by atoms with Gasteiger partial charge in [0.2, 0.25) is 0 Å². The molecule has 4 nitrogen and oxygen atoms in total. The molecule has 1 amide bonds. The van der Waals surface area contributed by atoms with E-state index in [1.54, 1.807) is 19.1 Å². The minimum Gasteiger partial charge on any atom is -0.361 e. The Kier molecular flexibility index (Phi) is 3.18. The van der Waals surface area contributed by atoms with Crippen molar-refractivity contribution >= 4 is 5.91 Å². The summed E-state index contributed by atoms with van der Waals surface area (Å²) in [6, 6.07) is 7.24. The van der Waals surface area contributed by atoms with Gasteiger partial charge in [-0.15, -0.1) is 0 Å². The van der Waals surface area contributed by atoms with Gasteiger partial charge in [0.05, 0.1) is 6.54 Å². The fourth-order valence-electron chi connectivity index (χ4n) is 1.40. The molecule has 1 N–H and O–H groups in total. The predicted octanol–water partition coefficient (Wildman–Crippen LogP) is 2.05. The molecule has 0 bridgehead atoms. The highest BCUT2D eigenvalue weighted by Crippen LogP contribution is 2.05. The Morgan fingerprint density at radius 1 is 1.47 bits per heavy atom. The van der Waals surface area contributed by atoms with Crippen LogP contribution >= 0.6 is 0 Å². The van der Waals surface area contributed by atoms with Crippen molar-refractivity contribution in [1.29, 1.82) is 0 Å². The van der Waals surface area contributed by atoms with Crippen molar-refractivity contribution in [2.24, 2.45) is 0 Å². The maximum Gasteiger partial charge on any atom is 0.251 e. The first-order valence-electron chi connectivity index (χ1n) is 5.11. The third-order valence-corrected chi connectivity index (χ3v) is 2.19. The minimum atomic E-state index is -0.435. The number of hydrogen-bond donors (Lipinski definition) is 1. The quantitative estimate of drug-likeness (QED) is 0.884. The van der Waals surface area contributed by atoms with E-state index < -0.39 is 5.82 Å². The molecular formula is C12H11FN2O2. The van der Waals surface area contributed by atoms with Crippen molar-refractivity contribution in [1.82, 2.24) is 10.5 Å². The van der Waals surface area contributed by atoms with Crippen LogP contribution in [0.1, 0.15) is 21.8 Å². The summed E-state index contributed by atoms with van der Waals surface area (Å²) < 4.78 is 17.7. The van der Waals surface area contributed by atoms with Crippen molar-refractivity contribution in [3.8, 4) is 0 Å². The predicted molar refractivity (Wildman–Crippen MR) is 58.8 cm³/mol. The van der Waals surface area contributed by atoms with Gasteiger partial charge in [0.25, 0.3) is 5.91 Å². The molecular weight excluding hydrogens is 223 g/mol. The van der Waals surface area contributed by atoms with Crippen molar-refractivity contribution in [2.45, 2.75) is 13.5 Å². The average Bonchev–Trinajstić information content (AvgIpc) is 2.72. The van der Waals surface area contributed by atoms with Crippen LogP contribution < -0.4 is 5.32 Å². The van der Waals surface area contributed by atoms with Crippen molar-refractivity contribution in [3.63, 3.8) is 0 Å². The Balaban J connectivity index is 1.98. The van der Waals surface area contributed by atoms with E-state index in [4.69, 9.17) is 4.52 Å². The van der Waals surface area contributed by atoms with Gasteiger partial charge in [0.15, 0.2) is 0 Å². The van der Waals surface area contributed by atoms with Gasteiger partial charge in [-0.05, 0) is 25.1 Å². The highest BCUT2D eigenvalue weighted by atomic mass is 19.1. The van der Waals surface area contributed by atoms with Gasteiger partial charge in [-0.25, -0.2) is 4.39 Å². The Hall–Kier alpha value is -2.17. The van der Waals surface area contributed by atoms with Crippen LogP contribution in [0.25, 0.3) is 0 Å². The van der Waals surface area contributed by atoms with Crippen molar-refractivity contribution < 1.29 is 13.7 Å². The summed E-state index contributed by atoms with van der Waals surface area (Å²) in [5.74, 6) is -0.0971. The number of carbonyl (C=O) groups is 1. The first-order valence-corrected chi connectivity index (χ1v) is 5.11. The highest BCUT2D eigenvalue weighted by molar-refractivity contribution is 5.94. The molecule has 0 unspecified atom stereocenters. The topological polar surface area (TPSA) is 55.1 Å². The molecule has 0 radical (unpaired) electrons. The SMILES string of the molecule is Cc1cc(CNC(=O)c2cccc(F)c2)no1. The average molecular weight is 234 g/mol. The number of carbonyl (C=O) groups excluding carboxylic acids is 1. The van der Waals surface area contributed by atoms with Gasteiger partial charge in [0.1, 0.15) is 17.3 Å². The molecule has 1 aromatic carbocycles. The Morgan fingerprint density at radius 2 is 2.29 bits per heavy atom. The smallest absolute Gasteiger partial charge is 0.251 e. The number of benzene rings is 1. The molecule has 17 heavy (non-hydrogen) atoms. The zero-order valence-electron chi connectivity index (χ0n) is 9.24. The summed E-state index contributed by atoms with van der Waals surface area (Å²) in [6.45, 7) is 2.03. The molecule has 1 heterocycles. The van der Waals surface area contributed by atoms with Crippen molar-refractivity contribution in [2.75, 3.05) is 0 Å². The third-order valence-electron chi connectivity index (χ3n) is 2.19. The van der Waals surface area contributed by atoms with Gasteiger partial charge in [-0.2, -0.15) is 0 Å². The standard InChI is InChI=1S/C12H11FN2O2/c1-8-5-11(15-17-8)7-14-12(16)9-3-2-4-10(13)6-9/h2-6H,7H2,1H3,(H,14,16). The van der Waals surface area contributed by atoms with E-state index in [1.165, 1.54) is 18.2 Å². The molecule has 5 heteroatoms. The Morgan fingerprint density at radius 3 is 2.94 bits per heavy atom. The number of rotatable bonds is 3. The molecule has 0 fully saturated rings. The zero-order valence-corrected chi connectivity index (χ0v) is 9.24. The maximum absolute atomic E-state index is 12.9. The Bertz CT molecular complexity index is 537. The largest absolute Gasteiger partial charge is 0.361 e. The fraction of sp³-hybridized carbons (Fsp3) is 0.167. The normalized spacial score (nSPS) is 10.2. The van der Waals surface area contributed by atoms with Crippen LogP contribution in [-0.2, 0) is 6.54 Å². The maximum atomic E-state index is 12.9. The number of halogens is 1. The molecule has 2 aromatic rings. The molecule has 1 aromatic heterocycles. The first-order chi connectivity index (χ1) is 8.15. The molecule has 88 valence electrons. The zero-order chi connectivity index (χ0) is 12.3. The summed E-state index contributed by atoms with van der Waals surface area (Å²) in [6.07, 6.45) is 0. The molecule has 0 saturated carbocycles. The molecule has 2 rings (SSSR count). The van der Waals surface area contributed by atoms with E-state index >= 15 is 0 Å². The van der Waals surface area contributed by atoms with Gasteiger partial charge in [0, 0.05) is 11.6 Å². The molecule has 0 atom stereocenters. The van der Waals surface area contributed by atoms with E-state index in [2.05, 4.69) is 10.5 Å². The number of aromatic nitrogens is 1. The summed E-state index contributed by atoms with van der Waals surface area (Å²) in [5.41, 5.74) is 0.914. The number of nitrogens with one attached hydrogen (secondary N) is 1. The van der Waals surface area contributed by atoms with E-state index in [1.807, 2.05) is 0 Å². The molecule has 0 aliphatic heterocycles. The lowest BCUT2D eigenvalue weighted by atomic mass is 10.2. The highest BCUT2D eigenvalue weighted by Gasteiger charge is 2.07. The Labute approximate surface area is 97.4 Å². The summed E-state index contributed by atoms with van der Waals surface area (Å²) >= 11 is 0. The van der Waals surface area contributed by atoms with Gasteiger partial charge >= 0.3 is 0 Å². The summed E-state index contributed by atoms with van der Waals surface area (Å²) in [4.78, 5) is 11.6. The van der Waals surface area contributed by atoms with Crippen LogP contribution in [-0.4, -0.2) is 11.1 Å². The second-order valence-corrected chi connectivity index (χ2v) is 3.62. The van der Waals surface area contributed by atoms with Crippen LogP contribution in [0.5, 0.6) is 0 Å². The molecule has 0 spiro atoms. The molecule has 0 saturated heterocycles. The molecule has 0 aliphatic rings. The second kappa shape index (κ2) is 4.78. The van der Waals surface area contributed by atoms with Gasteiger partial charge < -0.3 is 9.84 Å². The van der Waals surface area contributed by atoms with E-state index in [0.717, 1.165) is 0 Å². The van der Waals surface area contributed by atoms with Gasteiger partial charge in [-0.3, -0.25) is 4.79 Å². The van der Waals surface area contributed by atoms with Gasteiger partial charge in [-0.1, -0.05) is 11.2 Å². The summed E-state index contributed by atoms with van der Waals surface area (Å²) in [5, 5.41) is 6.36. The number of aryl methyl sites for hydroxylation is 1. The van der Waals surface area contributed by atoms with Crippen LogP contribution in [0, 0.1) is 12.7 Å². The van der Waals surface area contributed by atoms with E-state index in [0.29, 0.717) is 11.5 Å². The lowest BCUT2D eigenvalue weighted by molar-refractivity contribution is 0.0949. The van der Waals surface area contributed by atoms with E-state index in [-0.39, 0.29) is 18.0 Å². The van der Waals surface area contributed by atoms with Crippen LogP contribution in [0.3, 0.4) is 0 Å². The van der Waals surface area contributed by atoms with E-state index in [9.17, 15) is 9.18 Å². The fourth-order valence-corrected chi connectivity index (χ4v) is 1.40. The number of nitrogens with zero attached hydrogens (tertiary/aromatic N) is 1. The lowest BCUT2D eigenvalue weighted by Gasteiger charge is -2.02. The monoisotopic (exact) mass is 234 g/mol. The first kappa shape index (κ1) is 11.3. The third kappa shape index (κ3) is 2.90. The van der Waals surface area contributed by atoms with Crippen LogP contribution in [0.4, 0.5) is 4.39 Å². The van der Waals surface area contributed by atoms with Crippen LogP contribution in [0.2, 0.25) is 0 Å². The number of amides is 1. The number of hydrogen-bond acceptors (Lipinski definition) is 3. The lowest BCUT2D eigenvalue weighted by Crippen LogP contribution is -2.22. The van der Waals surface area contributed by atoms with Crippen molar-refractivity contribution in [3.05, 3.63) is 53.2 Å². The van der Waals surface area contributed by atoms with Crippen LogP contribution in [0.15, 0.2) is 34.9 Å².